The Morgan fingerprint density at radius 3 is 2.00 bits per heavy atom. The van der Waals surface area contributed by atoms with Crippen LogP contribution in [0.2, 0.25) is 0 Å². The molecule has 0 aromatic heterocycles. The van der Waals surface area contributed by atoms with E-state index < -0.39 is 10.0 Å². The van der Waals surface area contributed by atoms with E-state index in [1.807, 2.05) is 19.9 Å². The van der Waals surface area contributed by atoms with Crippen LogP contribution >= 0.6 is 0 Å². The molecule has 162 valence electrons. The average molecular weight is 441 g/mol. The molecule has 31 heavy (non-hydrogen) atoms. The van der Waals surface area contributed by atoms with Gasteiger partial charge in [0.05, 0.1) is 12.0 Å². The zero-order valence-electron chi connectivity index (χ0n) is 17.5. The number of hydrogen-bond acceptors (Lipinski definition) is 5. The molecule has 0 aliphatic heterocycles. The number of rotatable bonds is 8. The lowest BCUT2D eigenvalue weighted by Gasteiger charge is -2.11. The molecule has 0 saturated carbocycles. The Labute approximate surface area is 182 Å². The molecule has 0 unspecified atom stereocenters. The van der Waals surface area contributed by atoms with Crippen LogP contribution in [0.5, 0.6) is 11.5 Å². The van der Waals surface area contributed by atoms with Crippen molar-refractivity contribution in [2.75, 3.05) is 23.8 Å². The van der Waals surface area contributed by atoms with Crippen LogP contribution in [-0.2, 0) is 14.8 Å². The van der Waals surface area contributed by atoms with Crippen molar-refractivity contribution >= 4 is 27.3 Å². The monoisotopic (exact) mass is 440 g/mol. The van der Waals surface area contributed by atoms with Crippen LogP contribution in [0, 0.1) is 13.8 Å². The molecule has 7 nitrogen and oxygen atoms in total. The van der Waals surface area contributed by atoms with Crippen LogP contribution in [0.4, 0.5) is 11.4 Å². The van der Waals surface area contributed by atoms with E-state index in [1.165, 1.54) is 24.3 Å². The molecule has 0 bridgehead atoms. The topological polar surface area (TPSA) is 93.7 Å². The van der Waals surface area contributed by atoms with Crippen molar-refractivity contribution in [3.8, 4) is 11.5 Å². The maximum atomic E-state index is 12.6. The quantitative estimate of drug-likeness (QED) is 0.549. The van der Waals surface area contributed by atoms with Crippen molar-refractivity contribution in [1.29, 1.82) is 0 Å². The maximum Gasteiger partial charge on any atom is 0.262 e. The summed E-state index contributed by atoms with van der Waals surface area (Å²) in [7, 11) is -2.17. The van der Waals surface area contributed by atoms with Gasteiger partial charge in [0.15, 0.2) is 6.61 Å². The fourth-order valence-corrected chi connectivity index (χ4v) is 4.02. The molecule has 2 N–H and O–H groups in total. The highest BCUT2D eigenvalue weighted by Gasteiger charge is 2.15. The number of aryl methyl sites for hydroxylation is 2. The summed E-state index contributed by atoms with van der Waals surface area (Å²) in [5, 5.41) is 2.67. The van der Waals surface area contributed by atoms with Crippen LogP contribution in [0.25, 0.3) is 0 Å². The van der Waals surface area contributed by atoms with E-state index in [9.17, 15) is 13.2 Å². The molecule has 0 fully saturated rings. The first-order valence-corrected chi connectivity index (χ1v) is 11.0. The maximum absolute atomic E-state index is 12.6. The van der Waals surface area contributed by atoms with Crippen molar-refractivity contribution in [2.45, 2.75) is 18.7 Å². The summed E-state index contributed by atoms with van der Waals surface area (Å²) in [6.07, 6.45) is 0. The molecule has 1 amide bonds. The Morgan fingerprint density at radius 1 is 0.839 bits per heavy atom. The highest BCUT2D eigenvalue weighted by Crippen LogP contribution is 2.21. The lowest BCUT2D eigenvalue weighted by Crippen LogP contribution is -2.20. The lowest BCUT2D eigenvalue weighted by atomic mass is 10.1. The molecular weight excluding hydrogens is 416 g/mol. The third kappa shape index (κ3) is 6.23. The second-order valence-corrected chi connectivity index (χ2v) is 8.70. The van der Waals surface area contributed by atoms with Gasteiger partial charge in [0.2, 0.25) is 0 Å². The number of amides is 1. The molecule has 8 heteroatoms. The Bertz CT molecular complexity index is 1140. The van der Waals surface area contributed by atoms with E-state index in [4.69, 9.17) is 9.47 Å². The predicted octanol–water partition coefficient (Wildman–Crippen LogP) is 4.13. The first-order chi connectivity index (χ1) is 14.7. The van der Waals surface area contributed by atoms with Crippen molar-refractivity contribution in [3.05, 3.63) is 77.9 Å². The number of methoxy groups -OCH3 is 1. The fraction of sp³-hybridized carbons (Fsp3) is 0.174. The molecule has 0 aliphatic rings. The number of ether oxygens (including phenoxy) is 2. The Hall–Kier alpha value is -3.52. The number of nitrogens with one attached hydrogen (secondary N) is 2. The first-order valence-electron chi connectivity index (χ1n) is 9.53. The van der Waals surface area contributed by atoms with Gasteiger partial charge in [-0.15, -0.1) is 0 Å². The third-order valence-corrected chi connectivity index (χ3v) is 5.75. The van der Waals surface area contributed by atoms with E-state index >= 15 is 0 Å². The van der Waals surface area contributed by atoms with E-state index in [0.29, 0.717) is 22.9 Å². The number of hydrogen-bond donors (Lipinski definition) is 2. The number of carbonyl (C=O) groups excluding carboxylic acids is 1. The minimum Gasteiger partial charge on any atom is -0.497 e. The smallest absolute Gasteiger partial charge is 0.262 e. The second-order valence-electron chi connectivity index (χ2n) is 7.02. The summed E-state index contributed by atoms with van der Waals surface area (Å²) < 4.78 is 38.3. The van der Waals surface area contributed by atoms with Crippen LogP contribution < -0.4 is 19.5 Å². The van der Waals surface area contributed by atoms with E-state index in [0.717, 1.165) is 11.1 Å². The van der Waals surface area contributed by atoms with Gasteiger partial charge >= 0.3 is 0 Å². The predicted molar refractivity (Wildman–Crippen MR) is 120 cm³/mol. The minimum atomic E-state index is -3.74. The van der Waals surface area contributed by atoms with Gasteiger partial charge in [-0.3, -0.25) is 9.52 Å². The lowest BCUT2D eigenvalue weighted by molar-refractivity contribution is -0.118. The molecule has 0 saturated heterocycles. The molecule has 3 rings (SSSR count). The van der Waals surface area contributed by atoms with E-state index in [-0.39, 0.29) is 17.4 Å². The molecule has 3 aromatic rings. The third-order valence-electron chi connectivity index (χ3n) is 4.35. The van der Waals surface area contributed by atoms with Gasteiger partial charge in [-0.05, 0) is 85.6 Å². The van der Waals surface area contributed by atoms with Crippen molar-refractivity contribution in [1.82, 2.24) is 0 Å². The summed E-state index contributed by atoms with van der Waals surface area (Å²) >= 11 is 0. The highest BCUT2D eigenvalue weighted by molar-refractivity contribution is 7.92. The number of carbonyl (C=O) groups is 1. The average Bonchev–Trinajstić information content (AvgIpc) is 2.72. The Balaban J connectivity index is 1.58. The number of anilines is 2. The zero-order valence-corrected chi connectivity index (χ0v) is 18.3. The van der Waals surface area contributed by atoms with Gasteiger partial charge in [-0.25, -0.2) is 8.42 Å². The largest absolute Gasteiger partial charge is 0.497 e. The van der Waals surface area contributed by atoms with Gasteiger partial charge in [-0.1, -0.05) is 6.07 Å². The summed E-state index contributed by atoms with van der Waals surface area (Å²) in [6.45, 7) is 3.63. The SMILES string of the molecule is COc1ccc(OCC(=O)Nc2ccc(S(=O)(=O)Nc3cc(C)cc(C)c3)cc2)cc1. The van der Waals surface area contributed by atoms with Gasteiger partial charge in [0.1, 0.15) is 11.5 Å². The fourth-order valence-electron chi connectivity index (χ4n) is 2.98. The van der Waals surface area contributed by atoms with Gasteiger partial charge < -0.3 is 14.8 Å². The van der Waals surface area contributed by atoms with Gasteiger partial charge in [0.25, 0.3) is 15.9 Å². The Morgan fingerprint density at radius 2 is 1.42 bits per heavy atom. The minimum absolute atomic E-state index is 0.0964. The van der Waals surface area contributed by atoms with E-state index in [1.54, 1.807) is 43.5 Å². The summed E-state index contributed by atoms with van der Waals surface area (Å²) in [4.78, 5) is 12.2. The normalized spacial score (nSPS) is 10.9. The summed E-state index contributed by atoms with van der Waals surface area (Å²) in [5.41, 5.74) is 2.90. The molecule has 0 atom stereocenters. The van der Waals surface area contributed by atoms with Crippen LogP contribution in [0.15, 0.2) is 71.6 Å². The molecule has 3 aromatic carbocycles. The van der Waals surface area contributed by atoms with Crippen LogP contribution in [-0.4, -0.2) is 28.0 Å². The van der Waals surface area contributed by atoms with Gasteiger partial charge in [0, 0.05) is 11.4 Å². The van der Waals surface area contributed by atoms with E-state index in [2.05, 4.69) is 10.0 Å². The van der Waals surface area contributed by atoms with Crippen molar-refractivity contribution < 1.29 is 22.7 Å². The van der Waals surface area contributed by atoms with Crippen molar-refractivity contribution in [3.63, 3.8) is 0 Å². The number of sulfonamides is 1. The van der Waals surface area contributed by atoms with Gasteiger partial charge in [-0.2, -0.15) is 0 Å². The Kier molecular flexibility index (Phi) is 6.81. The van der Waals surface area contributed by atoms with Crippen LogP contribution in [0.3, 0.4) is 0 Å². The second kappa shape index (κ2) is 9.53. The molecule has 0 aliphatic carbocycles. The zero-order chi connectivity index (χ0) is 22.4. The molecular formula is C23H24N2O5S. The van der Waals surface area contributed by atoms with Crippen LogP contribution in [0.1, 0.15) is 11.1 Å². The number of benzene rings is 3. The first kappa shape index (κ1) is 22.2. The molecule has 0 heterocycles. The standard InChI is InChI=1S/C23H24N2O5S/c1-16-12-17(2)14-19(13-16)25-31(27,28)22-10-4-18(5-11-22)24-23(26)15-30-21-8-6-20(29-3)7-9-21/h4-14,25H,15H2,1-3H3,(H,24,26). The van der Waals surface area contributed by atoms with Crippen molar-refractivity contribution in [2.24, 2.45) is 0 Å². The summed E-state index contributed by atoms with van der Waals surface area (Å²) in [6, 6.07) is 18.3. The molecule has 0 spiro atoms. The molecule has 0 radical (unpaired) electrons. The summed E-state index contributed by atoms with van der Waals surface area (Å²) in [5.74, 6) is 0.869. The highest BCUT2D eigenvalue weighted by atomic mass is 32.2.